The van der Waals surface area contributed by atoms with Crippen LogP contribution in [-0.4, -0.2) is 25.0 Å². The van der Waals surface area contributed by atoms with Crippen LogP contribution in [0.5, 0.6) is 0 Å². The highest BCUT2D eigenvalue weighted by Gasteiger charge is 2.40. The quantitative estimate of drug-likeness (QED) is 0.852. The van der Waals surface area contributed by atoms with E-state index in [0.29, 0.717) is 6.42 Å². The zero-order chi connectivity index (χ0) is 15.8. The molecule has 2 rings (SSSR count). The molecule has 1 aromatic rings. The molecule has 1 saturated carbocycles. The highest BCUT2D eigenvalue weighted by molar-refractivity contribution is 7.89. The van der Waals surface area contributed by atoms with E-state index in [4.69, 9.17) is 28.3 Å². The molecule has 8 heteroatoms. The predicted molar refractivity (Wildman–Crippen MR) is 80.6 cm³/mol. The molecule has 0 spiro atoms. The number of benzene rings is 1. The maximum Gasteiger partial charge on any atom is 0.337 e. The molecule has 0 unspecified atom stereocenters. The third-order valence-corrected chi connectivity index (χ3v) is 6.20. The number of carbonyl (C=O) groups is 1. The number of halogens is 2. The van der Waals surface area contributed by atoms with Crippen molar-refractivity contribution in [1.29, 1.82) is 0 Å². The van der Waals surface area contributed by atoms with E-state index in [-0.39, 0.29) is 20.5 Å². The van der Waals surface area contributed by atoms with Gasteiger partial charge in [-0.05, 0) is 37.8 Å². The number of sulfonamides is 1. The first kappa shape index (κ1) is 16.5. The summed E-state index contributed by atoms with van der Waals surface area (Å²) in [4.78, 5) is 10.8. The van der Waals surface area contributed by atoms with E-state index >= 15 is 0 Å². The van der Waals surface area contributed by atoms with Crippen molar-refractivity contribution in [2.75, 3.05) is 0 Å². The van der Waals surface area contributed by atoms with Crippen molar-refractivity contribution >= 4 is 39.2 Å². The van der Waals surface area contributed by atoms with Gasteiger partial charge in [-0.15, -0.1) is 0 Å². The Morgan fingerprint density at radius 1 is 1.38 bits per heavy atom. The van der Waals surface area contributed by atoms with Crippen LogP contribution >= 0.6 is 23.2 Å². The molecule has 0 bridgehead atoms. The number of rotatable bonds is 5. The smallest absolute Gasteiger partial charge is 0.337 e. The summed E-state index contributed by atoms with van der Waals surface area (Å²) in [6, 6.07) is 2.30. The van der Waals surface area contributed by atoms with Crippen LogP contribution in [0.3, 0.4) is 0 Å². The second-order valence-electron chi connectivity index (χ2n) is 5.16. The van der Waals surface area contributed by atoms with E-state index in [9.17, 15) is 13.2 Å². The average molecular weight is 352 g/mol. The minimum atomic E-state index is -3.93. The van der Waals surface area contributed by atoms with Gasteiger partial charge in [0, 0.05) is 10.6 Å². The summed E-state index contributed by atoms with van der Waals surface area (Å²) in [5.41, 5.74) is -0.794. The number of hydrogen-bond acceptors (Lipinski definition) is 3. The first-order valence-electron chi connectivity index (χ1n) is 6.47. The van der Waals surface area contributed by atoms with Crippen molar-refractivity contribution in [2.24, 2.45) is 0 Å². The van der Waals surface area contributed by atoms with Gasteiger partial charge in [-0.3, -0.25) is 0 Å². The summed E-state index contributed by atoms with van der Waals surface area (Å²) in [5, 5.41) is 8.74. The minimum Gasteiger partial charge on any atom is -0.478 e. The molecule has 116 valence electrons. The largest absolute Gasteiger partial charge is 0.478 e. The summed E-state index contributed by atoms with van der Waals surface area (Å²) in [5.74, 6) is -1.33. The van der Waals surface area contributed by atoms with E-state index in [1.807, 2.05) is 6.92 Å². The molecular weight excluding hydrogens is 337 g/mol. The topological polar surface area (TPSA) is 83.5 Å². The van der Waals surface area contributed by atoms with Gasteiger partial charge in [0.25, 0.3) is 0 Å². The molecule has 1 aromatic carbocycles. The van der Waals surface area contributed by atoms with Crippen molar-refractivity contribution in [1.82, 2.24) is 4.72 Å². The second kappa shape index (κ2) is 5.76. The molecule has 0 saturated heterocycles. The molecule has 0 aliphatic heterocycles. The molecular formula is C13H15Cl2NO4S. The third-order valence-electron chi connectivity index (χ3n) is 3.86. The first-order chi connectivity index (χ1) is 9.71. The maximum absolute atomic E-state index is 12.5. The Morgan fingerprint density at radius 3 is 2.43 bits per heavy atom. The first-order valence-corrected chi connectivity index (χ1v) is 8.71. The summed E-state index contributed by atoms with van der Waals surface area (Å²) in [6.07, 6.45) is 3.13. The highest BCUT2D eigenvalue weighted by Crippen LogP contribution is 2.37. The maximum atomic E-state index is 12.5. The van der Waals surface area contributed by atoms with E-state index in [0.717, 1.165) is 25.3 Å². The third kappa shape index (κ3) is 3.18. The van der Waals surface area contributed by atoms with E-state index in [1.54, 1.807) is 0 Å². The number of hydrogen-bond donors (Lipinski definition) is 2. The fraction of sp³-hybridized carbons (Fsp3) is 0.462. The molecule has 5 nitrogen and oxygen atoms in total. The number of carboxylic acid groups (broad SMARTS) is 1. The molecule has 21 heavy (non-hydrogen) atoms. The predicted octanol–water partition coefficient (Wildman–Crippen LogP) is 3.30. The molecule has 0 amide bonds. The van der Waals surface area contributed by atoms with Crippen molar-refractivity contribution in [3.05, 3.63) is 27.7 Å². The lowest BCUT2D eigenvalue weighted by atomic mass is 9.76. The SMILES string of the molecule is CCC1(NS(=O)(=O)c2cc(Cl)cc(C(=O)O)c2Cl)CCC1. The zero-order valence-corrected chi connectivity index (χ0v) is 13.6. The van der Waals surface area contributed by atoms with Gasteiger partial charge >= 0.3 is 5.97 Å². The number of aromatic carboxylic acids is 1. The van der Waals surface area contributed by atoms with Crippen molar-refractivity contribution in [3.63, 3.8) is 0 Å². The van der Waals surface area contributed by atoms with E-state index < -0.39 is 21.5 Å². The second-order valence-corrected chi connectivity index (χ2v) is 7.63. The lowest BCUT2D eigenvalue weighted by Crippen LogP contribution is -2.52. The lowest BCUT2D eigenvalue weighted by molar-refractivity contribution is 0.0697. The van der Waals surface area contributed by atoms with Gasteiger partial charge in [0.1, 0.15) is 4.90 Å². The van der Waals surface area contributed by atoms with Crippen LogP contribution in [0, 0.1) is 0 Å². The Hall–Kier alpha value is -0.820. The van der Waals surface area contributed by atoms with Crippen LogP contribution in [0.15, 0.2) is 17.0 Å². The molecule has 0 atom stereocenters. The standard InChI is InChI=1S/C13H15Cl2NO4S/c1-2-13(4-3-5-13)16-21(19,20)10-7-8(14)6-9(11(10)15)12(17)18/h6-7,16H,2-5H2,1H3,(H,17,18). The van der Waals surface area contributed by atoms with Crippen molar-refractivity contribution < 1.29 is 18.3 Å². The summed E-state index contributed by atoms with van der Waals surface area (Å²) >= 11 is 11.7. The van der Waals surface area contributed by atoms with Gasteiger partial charge in [-0.1, -0.05) is 30.1 Å². The van der Waals surface area contributed by atoms with E-state index in [1.165, 1.54) is 6.07 Å². The summed E-state index contributed by atoms with van der Waals surface area (Å²) in [7, 11) is -3.93. The molecule has 0 radical (unpaired) electrons. The zero-order valence-electron chi connectivity index (χ0n) is 11.3. The Kier molecular flexibility index (Phi) is 4.54. The summed E-state index contributed by atoms with van der Waals surface area (Å²) in [6.45, 7) is 1.91. The van der Waals surface area contributed by atoms with Gasteiger partial charge in [-0.2, -0.15) is 0 Å². The van der Waals surface area contributed by atoms with Crippen LogP contribution in [0.1, 0.15) is 43.0 Å². The fourth-order valence-electron chi connectivity index (χ4n) is 2.39. The van der Waals surface area contributed by atoms with Crippen LogP contribution in [-0.2, 0) is 10.0 Å². The Morgan fingerprint density at radius 2 is 2.00 bits per heavy atom. The summed E-state index contributed by atoms with van der Waals surface area (Å²) < 4.78 is 27.6. The van der Waals surface area contributed by atoms with Crippen LogP contribution < -0.4 is 4.72 Å². The van der Waals surface area contributed by atoms with Gasteiger partial charge in [-0.25, -0.2) is 17.9 Å². The molecule has 0 heterocycles. The van der Waals surface area contributed by atoms with E-state index in [2.05, 4.69) is 4.72 Å². The van der Waals surface area contributed by atoms with Crippen molar-refractivity contribution in [2.45, 2.75) is 43.0 Å². The fourth-order valence-corrected chi connectivity index (χ4v) is 4.82. The molecule has 2 N–H and O–H groups in total. The van der Waals surface area contributed by atoms with Crippen LogP contribution in [0.2, 0.25) is 10.0 Å². The van der Waals surface area contributed by atoms with Gasteiger partial charge in [0.15, 0.2) is 0 Å². The monoisotopic (exact) mass is 351 g/mol. The number of nitrogens with one attached hydrogen (secondary N) is 1. The highest BCUT2D eigenvalue weighted by atomic mass is 35.5. The minimum absolute atomic E-state index is 0.0105. The van der Waals surface area contributed by atoms with Gasteiger partial charge in [0.2, 0.25) is 10.0 Å². The Bertz CT molecular complexity index is 678. The van der Waals surface area contributed by atoms with Crippen molar-refractivity contribution in [3.8, 4) is 0 Å². The van der Waals surface area contributed by atoms with Crippen LogP contribution in [0.4, 0.5) is 0 Å². The Labute approximate surface area is 133 Å². The molecule has 1 aliphatic rings. The molecule has 0 aromatic heterocycles. The van der Waals surface area contributed by atoms with Gasteiger partial charge in [0.05, 0.1) is 10.6 Å². The Balaban J connectivity index is 2.47. The normalized spacial score (nSPS) is 17.3. The molecule has 1 aliphatic carbocycles. The van der Waals surface area contributed by atoms with Crippen LogP contribution in [0.25, 0.3) is 0 Å². The average Bonchev–Trinajstić information content (AvgIpc) is 2.35. The lowest BCUT2D eigenvalue weighted by Gasteiger charge is -2.41. The van der Waals surface area contributed by atoms with Gasteiger partial charge < -0.3 is 5.11 Å². The molecule has 1 fully saturated rings. The number of carboxylic acids is 1.